The van der Waals surface area contributed by atoms with Crippen LogP contribution in [0.2, 0.25) is 0 Å². The zero-order valence-electron chi connectivity index (χ0n) is 22.9. The first-order valence-corrected chi connectivity index (χ1v) is 14.2. The summed E-state index contributed by atoms with van der Waals surface area (Å²) in [5, 5.41) is 21.7. The van der Waals surface area contributed by atoms with Crippen LogP contribution in [0.4, 0.5) is 0 Å². The average molecular weight is 487 g/mol. The molecule has 0 aromatic rings. The van der Waals surface area contributed by atoms with Crippen molar-refractivity contribution in [3.8, 4) is 0 Å². The van der Waals surface area contributed by atoms with Gasteiger partial charge in [-0.3, -0.25) is 4.79 Å². The van der Waals surface area contributed by atoms with Gasteiger partial charge in [-0.25, -0.2) is 4.79 Å². The lowest BCUT2D eigenvalue weighted by Crippen LogP contribution is -2.65. The maximum Gasteiger partial charge on any atom is 0.336 e. The normalized spacial score (nSPS) is 57.4. The highest BCUT2D eigenvalue weighted by molar-refractivity contribution is 5.81. The molecule has 6 fully saturated rings. The van der Waals surface area contributed by atoms with Gasteiger partial charge in [0, 0.05) is 16.7 Å². The monoisotopic (exact) mass is 486 g/mol. The SMILES string of the molecule is CC1(C)CC[C@]23CC[C@]4(C)C(CCC5[C@@]6(C)C[C@@](O)(C(=O)O)C(C)(C)C6CC[C@]54C)[C@H]2[C@H]1OC3=O. The summed E-state index contributed by atoms with van der Waals surface area (Å²) >= 11 is 0. The van der Waals surface area contributed by atoms with E-state index in [2.05, 4.69) is 34.6 Å². The topological polar surface area (TPSA) is 83.8 Å². The molecule has 5 saturated carbocycles. The molecule has 2 N–H and O–H groups in total. The zero-order valence-corrected chi connectivity index (χ0v) is 22.9. The number of carbonyl (C=O) groups is 2. The molecule has 196 valence electrons. The van der Waals surface area contributed by atoms with E-state index in [4.69, 9.17) is 4.74 Å². The second kappa shape index (κ2) is 6.48. The third-order valence-electron chi connectivity index (χ3n) is 14.2. The number of esters is 1. The van der Waals surface area contributed by atoms with Crippen molar-refractivity contribution in [2.75, 3.05) is 0 Å². The first kappa shape index (κ1) is 24.2. The van der Waals surface area contributed by atoms with Crippen LogP contribution in [0.25, 0.3) is 0 Å². The van der Waals surface area contributed by atoms with Crippen LogP contribution in [-0.2, 0) is 14.3 Å². The molecule has 0 aromatic heterocycles. The van der Waals surface area contributed by atoms with E-state index >= 15 is 0 Å². The highest BCUT2D eigenvalue weighted by Crippen LogP contribution is 2.79. The van der Waals surface area contributed by atoms with Crippen LogP contribution in [0.15, 0.2) is 0 Å². The second-order valence-electron chi connectivity index (χ2n) is 15.7. The smallest absolute Gasteiger partial charge is 0.336 e. The van der Waals surface area contributed by atoms with E-state index in [0.717, 1.165) is 51.4 Å². The third kappa shape index (κ3) is 2.42. The van der Waals surface area contributed by atoms with Gasteiger partial charge in [0.2, 0.25) is 0 Å². The van der Waals surface area contributed by atoms with E-state index < -0.39 is 17.0 Å². The Balaban J connectivity index is 1.42. The summed E-state index contributed by atoms with van der Waals surface area (Å²) in [6, 6.07) is 0. The highest BCUT2D eigenvalue weighted by Gasteiger charge is 2.77. The molecule has 1 aliphatic heterocycles. The van der Waals surface area contributed by atoms with E-state index in [1.807, 2.05) is 13.8 Å². The van der Waals surface area contributed by atoms with Gasteiger partial charge in [0.1, 0.15) is 6.10 Å². The third-order valence-corrected chi connectivity index (χ3v) is 14.2. The van der Waals surface area contributed by atoms with Crippen molar-refractivity contribution in [1.29, 1.82) is 0 Å². The Morgan fingerprint density at radius 2 is 1.51 bits per heavy atom. The van der Waals surface area contributed by atoms with E-state index in [9.17, 15) is 19.8 Å². The number of hydrogen-bond acceptors (Lipinski definition) is 4. The number of carboxylic acids is 1. The summed E-state index contributed by atoms with van der Waals surface area (Å²) in [4.78, 5) is 25.7. The summed E-state index contributed by atoms with van der Waals surface area (Å²) in [6.07, 6.45) is 8.56. The maximum atomic E-state index is 13.3. The summed E-state index contributed by atoms with van der Waals surface area (Å²) in [6.45, 7) is 15.9. The van der Waals surface area contributed by atoms with Crippen LogP contribution >= 0.6 is 0 Å². The van der Waals surface area contributed by atoms with Crippen molar-refractivity contribution >= 4 is 11.9 Å². The number of carbonyl (C=O) groups excluding carboxylic acids is 1. The molecule has 0 aromatic carbocycles. The molecule has 5 aliphatic carbocycles. The first-order valence-electron chi connectivity index (χ1n) is 14.2. The Hall–Kier alpha value is -1.10. The van der Waals surface area contributed by atoms with Crippen LogP contribution in [-0.4, -0.2) is 33.9 Å². The molecule has 0 spiro atoms. The van der Waals surface area contributed by atoms with Gasteiger partial charge in [0.15, 0.2) is 5.60 Å². The van der Waals surface area contributed by atoms with Crippen LogP contribution in [0, 0.1) is 56.2 Å². The van der Waals surface area contributed by atoms with Crippen molar-refractivity contribution in [1.82, 2.24) is 0 Å². The molecular weight excluding hydrogens is 440 g/mol. The quantitative estimate of drug-likeness (QED) is 0.456. The van der Waals surface area contributed by atoms with Crippen molar-refractivity contribution in [3.63, 3.8) is 0 Å². The molecule has 10 atom stereocenters. The van der Waals surface area contributed by atoms with Gasteiger partial charge in [-0.15, -0.1) is 0 Å². The molecule has 1 heterocycles. The van der Waals surface area contributed by atoms with E-state index in [1.54, 1.807) is 0 Å². The van der Waals surface area contributed by atoms with E-state index in [-0.39, 0.29) is 45.1 Å². The number of fused-ring (bicyclic) bond motifs is 5. The van der Waals surface area contributed by atoms with Crippen LogP contribution in [0.1, 0.15) is 106 Å². The van der Waals surface area contributed by atoms with Gasteiger partial charge in [0.05, 0.1) is 5.41 Å². The minimum Gasteiger partial charge on any atom is -0.479 e. The fourth-order valence-electron chi connectivity index (χ4n) is 12.0. The zero-order chi connectivity index (χ0) is 25.6. The van der Waals surface area contributed by atoms with Gasteiger partial charge >= 0.3 is 11.9 Å². The number of carboxylic acid groups (broad SMARTS) is 1. The highest BCUT2D eigenvalue weighted by atomic mass is 16.6. The van der Waals surface area contributed by atoms with Crippen molar-refractivity contribution in [3.05, 3.63) is 0 Å². The predicted molar refractivity (Wildman–Crippen MR) is 132 cm³/mol. The average Bonchev–Trinajstić information content (AvgIpc) is 3.10. The molecule has 5 nitrogen and oxygen atoms in total. The fourth-order valence-corrected chi connectivity index (χ4v) is 12.0. The molecular formula is C30H46O5. The molecule has 35 heavy (non-hydrogen) atoms. The molecule has 6 aliphatic rings. The number of ether oxygens (including phenoxy) is 1. The number of aliphatic carboxylic acids is 1. The standard InChI is InChI=1S/C30H46O5/c1-24(2)12-14-29-15-13-27(6)17(20(29)21(24)35-23(29)33)8-9-19-26(5)16-30(34,22(31)32)25(3,4)18(26)10-11-28(19,27)7/h17-21,34H,8-16H2,1-7H3,(H,31,32)/t17?,18?,19?,20-,21+,26-,27+,28+,29-,30+/m0/s1. The van der Waals surface area contributed by atoms with Crippen LogP contribution < -0.4 is 0 Å². The molecule has 1 saturated heterocycles. The molecule has 0 amide bonds. The summed E-state index contributed by atoms with van der Waals surface area (Å²) in [7, 11) is 0. The molecule has 0 radical (unpaired) electrons. The van der Waals surface area contributed by atoms with Gasteiger partial charge in [-0.1, -0.05) is 48.5 Å². The first-order chi connectivity index (χ1) is 16.0. The van der Waals surface area contributed by atoms with Crippen LogP contribution in [0.5, 0.6) is 0 Å². The Kier molecular flexibility index (Phi) is 4.49. The molecule has 3 unspecified atom stereocenters. The summed E-state index contributed by atoms with van der Waals surface area (Å²) in [5.74, 6) is 0.350. The lowest BCUT2D eigenvalue weighted by Gasteiger charge is -2.70. The maximum absolute atomic E-state index is 13.3. The van der Waals surface area contributed by atoms with Crippen molar-refractivity contribution < 1.29 is 24.5 Å². The van der Waals surface area contributed by atoms with Gasteiger partial charge < -0.3 is 14.9 Å². The number of hydrogen-bond donors (Lipinski definition) is 2. The lowest BCUT2D eigenvalue weighted by molar-refractivity contribution is -0.226. The summed E-state index contributed by atoms with van der Waals surface area (Å²) in [5.41, 5.74) is -2.65. The Morgan fingerprint density at radius 1 is 0.857 bits per heavy atom. The number of aliphatic hydroxyl groups is 1. The molecule has 6 rings (SSSR count). The molecule has 5 heteroatoms. The van der Waals surface area contributed by atoms with Crippen molar-refractivity contribution in [2.24, 2.45) is 56.2 Å². The Morgan fingerprint density at radius 3 is 2.17 bits per heavy atom. The Bertz CT molecular complexity index is 1000. The largest absolute Gasteiger partial charge is 0.479 e. The summed E-state index contributed by atoms with van der Waals surface area (Å²) < 4.78 is 6.23. The lowest BCUT2D eigenvalue weighted by atomic mass is 9.33. The second-order valence-corrected chi connectivity index (χ2v) is 15.7. The minimum absolute atomic E-state index is 0.0166. The minimum atomic E-state index is -1.68. The van der Waals surface area contributed by atoms with Crippen LogP contribution in [0.3, 0.4) is 0 Å². The predicted octanol–water partition coefficient (Wildman–Crippen LogP) is 5.83. The Labute approximate surface area is 210 Å². The van der Waals surface area contributed by atoms with Gasteiger partial charge in [-0.2, -0.15) is 0 Å². The van der Waals surface area contributed by atoms with Gasteiger partial charge in [0.25, 0.3) is 0 Å². The molecule has 2 bridgehead atoms. The van der Waals surface area contributed by atoms with Gasteiger partial charge in [-0.05, 0) is 91.8 Å². The number of rotatable bonds is 1. The van der Waals surface area contributed by atoms with Crippen molar-refractivity contribution in [2.45, 2.75) is 118 Å². The van der Waals surface area contributed by atoms with E-state index in [0.29, 0.717) is 24.2 Å². The van der Waals surface area contributed by atoms with E-state index in [1.165, 1.54) is 0 Å². The fraction of sp³-hybridized carbons (Fsp3) is 0.933.